The van der Waals surface area contributed by atoms with Crippen molar-refractivity contribution in [1.29, 1.82) is 0 Å². The standard InChI is InChI=1S/C15H15NO2S/c1-11-7-9-12(10-8-11)15-13-5-3-4-6-14(13)19(17,18)16(15)2/h3-10,15H,1-2H3/t15-/m1/s1. The molecule has 0 spiro atoms. The summed E-state index contributed by atoms with van der Waals surface area (Å²) in [5.41, 5.74) is 3.02. The van der Waals surface area contributed by atoms with Crippen molar-refractivity contribution in [1.82, 2.24) is 4.31 Å². The third-order valence-corrected chi connectivity index (χ3v) is 5.52. The topological polar surface area (TPSA) is 37.4 Å². The Morgan fingerprint density at radius 2 is 1.63 bits per heavy atom. The number of rotatable bonds is 1. The maximum absolute atomic E-state index is 12.4. The summed E-state index contributed by atoms with van der Waals surface area (Å²) >= 11 is 0. The fraction of sp³-hybridized carbons (Fsp3) is 0.200. The van der Waals surface area contributed by atoms with Crippen LogP contribution in [0.4, 0.5) is 0 Å². The highest BCUT2D eigenvalue weighted by Gasteiger charge is 2.40. The molecule has 3 nitrogen and oxygen atoms in total. The Bertz CT molecular complexity index is 720. The van der Waals surface area contributed by atoms with Crippen LogP contribution in [0.25, 0.3) is 0 Å². The number of nitrogens with zero attached hydrogens (tertiary/aromatic N) is 1. The summed E-state index contributed by atoms with van der Waals surface area (Å²) in [4.78, 5) is 0.420. The van der Waals surface area contributed by atoms with E-state index in [4.69, 9.17) is 0 Å². The molecule has 0 N–H and O–H groups in total. The minimum atomic E-state index is -3.36. The highest BCUT2D eigenvalue weighted by atomic mass is 32.2. The van der Waals surface area contributed by atoms with Crippen molar-refractivity contribution >= 4 is 10.0 Å². The van der Waals surface area contributed by atoms with Gasteiger partial charge in [0.2, 0.25) is 10.0 Å². The van der Waals surface area contributed by atoms with E-state index >= 15 is 0 Å². The van der Waals surface area contributed by atoms with Gasteiger partial charge in [-0.3, -0.25) is 0 Å². The van der Waals surface area contributed by atoms with Gasteiger partial charge in [0.1, 0.15) is 0 Å². The van der Waals surface area contributed by atoms with E-state index in [9.17, 15) is 8.42 Å². The Hall–Kier alpha value is -1.65. The Labute approximate surface area is 113 Å². The molecule has 3 rings (SSSR count). The van der Waals surface area contributed by atoms with Gasteiger partial charge < -0.3 is 0 Å². The van der Waals surface area contributed by atoms with E-state index < -0.39 is 10.0 Å². The maximum atomic E-state index is 12.4. The largest absolute Gasteiger partial charge is 0.244 e. The fourth-order valence-corrected chi connectivity index (χ4v) is 4.12. The minimum Gasteiger partial charge on any atom is -0.207 e. The van der Waals surface area contributed by atoms with Crippen LogP contribution in [0.1, 0.15) is 22.7 Å². The average molecular weight is 273 g/mol. The lowest BCUT2D eigenvalue weighted by Crippen LogP contribution is -2.24. The predicted octanol–water partition coefficient (Wildman–Crippen LogP) is 2.72. The van der Waals surface area contributed by atoms with Crippen molar-refractivity contribution in [2.45, 2.75) is 17.9 Å². The van der Waals surface area contributed by atoms with Crippen LogP contribution < -0.4 is 0 Å². The van der Waals surface area contributed by atoms with Crippen LogP contribution in [0.3, 0.4) is 0 Å². The first kappa shape index (κ1) is 12.4. The van der Waals surface area contributed by atoms with Crippen LogP contribution in [-0.4, -0.2) is 19.8 Å². The number of benzene rings is 2. The highest BCUT2D eigenvalue weighted by Crippen LogP contribution is 2.41. The minimum absolute atomic E-state index is 0.221. The molecule has 98 valence electrons. The predicted molar refractivity (Wildman–Crippen MR) is 74.4 cm³/mol. The number of hydrogen-bond donors (Lipinski definition) is 0. The van der Waals surface area contributed by atoms with Gasteiger partial charge in [-0.05, 0) is 24.1 Å². The maximum Gasteiger partial charge on any atom is 0.244 e. The summed E-state index contributed by atoms with van der Waals surface area (Å²) in [6.45, 7) is 2.02. The van der Waals surface area contributed by atoms with Crippen molar-refractivity contribution in [3.05, 3.63) is 65.2 Å². The van der Waals surface area contributed by atoms with Gasteiger partial charge in [0.25, 0.3) is 0 Å². The molecule has 1 atom stereocenters. The van der Waals surface area contributed by atoms with Gasteiger partial charge in [-0.2, -0.15) is 4.31 Å². The van der Waals surface area contributed by atoms with Gasteiger partial charge in [0.15, 0.2) is 0 Å². The van der Waals surface area contributed by atoms with Crippen LogP contribution in [0, 0.1) is 6.92 Å². The molecule has 0 radical (unpaired) electrons. The SMILES string of the molecule is Cc1ccc([C@@H]2c3ccccc3S(=O)(=O)N2C)cc1. The zero-order valence-electron chi connectivity index (χ0n) is 10.9. The fourth-order valence-electron chi connectivity index (χ4n) is 2.57. The Kier molecular flexibility index (Phi) is 2.73. The van der Waals surface area contributed by atoms with Crippen LogP contribution >= 0.6 is 0 Å². The number of fused-ring (bicyclic) bond motifs is 1. The zero-order valence-corrected chi connectivity index (χ0v) is 11.7. The molecule has 1 heterocycles. The van der Waals surface area contributed by atoms with Crippen molar-refractivity contribution in [2.75, 3.05) is 7.05 Å². The molecule has 2 aromatic carbocycles. The highest BCUT2D eigenvalue weighted by molar-refractivity contribution is 7.89. The van der Waals surface area contributed by atoms with E-state index in [-0.39, 0.29) is 6.04 Å². The van der Waals surface area contributed by atoms with Crippen LogP contribution in [0.2, 0.25) is 0 Å². The molecule has 0 saturated heterocycles. The zero-order chi connectivity index (χ0) is 13.6. The molecule has 0 bridgehead atoms. The molecule has 0 aliphatic carbocycles. The molecule has 0 amide bonds. The van der Waals surface area contributed by atoms with Gasteiger partial charge in [-0.1, -0.05) is 48.0 Å². The Morgan fingerprint density at radius 3 is 2.32 bits per heavy atom. The van der Waals surface area contributed by atoms with E-state index in [0.29, 0.717) is 4.90 Å². The second-order valence-corrected chi connectivity index (χ2v) is 6.84. The van der Waals surface area contributed by atoms with Crippen LogP contribution in [-0.2, 0) is 10.0 Å². The molecular weight excluding hydrogens is 258 g/mol. The van der Waals surface area contributed by atoms with E-state index in [2.05, 4.69) is 0 Å². The summed E-state index contributed by atoms with van der Waals surface area (Å²) in [5, 5.41) is 0. The van der Waals surface area contributed by atoms with E-state index in [1.807, 2.05) is 43.3 Å². The summed E-state index contributed by atoms with van der Waals surface area (Å²) in [6, 6.07) is 15.0. The van der Waals surface area contributed by atoms with Crippen molar-refractivity contribution in [2.24, 2.45) is 0 Å². The van der Waals surface area contributed by atoms with Crippen LogP contribution in [0.5, 0.6) is 0 Å². The smallest absolute Gasteiger partial charge is 0.207 e. The summed E-state index contributed by atoms with van der Waals surface area (Å²) in [5.74, 6) is 0. The van der Waals surface area contributed by atoms with Crippen LogP contribution in [0.15, 0.2) is 53.4 Å². The Morgan fingerprint density at radius 1 is 1.00 bits per heavy atom. The molecule has 1 aliphatic rings. The first-order valence-corrected chi connectivity index (χ1v) is 7.59. The molecule has 4 heteroatoms. The third-order valence-electron chi connectivity index (χ3n) is 3.63. The lowest BCUT2D eigenvalue weighted by Gasteiger charge is -2.19. The number of sulfonamides is 1. The van der Waals surface area contributed by atoms with Gasteiger partial charge in [-0.25, -0.2) is 8.42 Å². The molecular formula is C15H15NO2S. The van der Waals surface area contributed by atoms with E-state index in [1.54, 1.807) is 19.2 Å². The molecule has 0 saturated carbocycles. The molecule has 0 fully saturated rings. The van der Waals surface area contributed by atoms with Gasteiger partial charge in [0.05, 0.1) is 10.9 Å². The first-order chi connectivity index (χ1) is 9.01. The second-order valence-electron chi connectivity index (χ2n) is 4.87. The quantitative estimate of drug-likeness (QED) is 0.801. The first-order valence-electron chi connectivity index (χ1n) is 6.15. The van der Waals surface area contributed by atoms with Gasteiger partial charge in [0, 0.05) is 7.05 Å². The van der Waals surface area contributed by atoms with Gasteiger partial charge in [-0.15, -0.1) is 0 Å². The Balaban J connectivity index is 2.21. The summed E-state index contributed by atoms with van der Waals surface area (Å²) in [6.07, 6.45) is 0. The molecule has 2 aromatic rings. The number of aryl methyl sites for hydroxylation is 1. The molecule has 0 aromatic heterocycles. The van der Waals surface area contributed by atoms with Gasteiger partial charge >= 0.3 is 0 Å². The van der Waals surface area contributed by atoms with Crippen molar-refractivity contribution in [3.8, 4) is 0 Å². The normalized spacial score (nSPS) is 21.3. The lowest BCUT2D eigenvalue weighted by molar-refractivity contribution is 0.440. The third kappa shape index (κ3) is 1.79. The van der Waals surface area contributed by atoms with Crippen molar-refractivity contribution < 1.29 is 8.42 Å². The molecule has 19 heavy (non-hydrogen) atoms. The molecule has 0 unspecified atom stereocenters. The van der Waals surface area contributed by atoms with E-state index in [1.165, 1.54) is 9.87 Å². The summed E-state index contributed by atoms with van der Waals surface area (Å²) < 4.78 is 26.2. The second kappa shape index (κ2) is 4.18. The van der Waals surface area contributed by atoms with E-state index in [0.717, 1.165) is 11.1 Å². The molecule has 1 aliphatic heterocycles. The van der Waals surface area contributed by atoms with Crippen molar-refractivity contribution in [3.63, 3.8) is 0 Å². The average Bonchev–Trinajstić information content (AvgIpc) is 2.60. The summed E-state index contributed by atoms with van der Waals surface area (Å²) in [7, 11) is -1.72. The monoisotopic (exact) mass is 273 g/mol. The lowest BCUT2D eigenvalue weighted by atomic mass is 9.98. The number of hydrogen-bond acceptors (Lipinski definition) is 2.